The molecule has 2 aliphatic rings. The Balaban J connectivity index is 1.87. The lowest BCUT2D eigenvalue weighted by Crippen LogP contribution is -2.13. The molecule has 0 unspecified atom stereocenters. The van der Waals surface area contributed by atoms with Crippen LogP contribution in [0.1, 0.15) is 58.9 Å². The van der Waals surface area contributed by atoms with E-state index >= 15 is 0 Å². The first kappa shape index (κ1) is 15.6. The van der Waals surface area contributed by atoms with E-state index in [2.05, 4.69) is 31.3 Å². The zero-order valence-electron chi connectivity index (χ0n) is 14.3. The predicted octanol–water partition coefficient (Wildman–Crippen LogP) is 4.11. The molecule has 1 aromatic carbocycles. The van der Waals surface area contributed by atoms with E-state index in [1.54, 1.807) is 0 Å². The van der Waals surface area contributed by atoms with Gasteiger partial charge in [-0.05, 0) is 43.0 Å². The highest BCUT2D eigenvalue weighted by Crippen LogP contribution is 2.51. The summed E-state index contributed by atoms with van der Waals surface area (Å²) in [4.78, 5) is 0. The summed E-state index contributed by atoms with van der Waals surface area (Å²) < 4.78 is 2.02. The Labute approximate surface area is 147 Å². The smallest absolute Gasteiger partial charge is 0.128 e. The van der Waals surface area contributed by atoms with Crippen molar-refractivity contribution in [1.82, 2.24) is 9.78 Å². The zero-order chi connectivity index (χ0) is 16.8. The van der Waals surface area contributed by atoms with Crippen LogP contribution >= 0.6 is 11.8 Å². The molecule has 0 radical (unpaired) electrons. The number of hydrogen-bond donors (Lipinski definition) is 1. The third-order valence-corrected chi connectivity index (χ3v) is 6.34. The van der Waals surface area contributed by atoms with Crippen molar-refractivity contribution >= 4 is 17.6 Å². The van der Waals surface area contributed by atoms with Gasteiger partial charge in [0.1, 0.15) is 5.82 Å². The van der Waals surface area contributed by atoms with Gasteiger partial charge in [0.2, 0.25) is 0 Å². The summed E-state index contributed by atoms with van der Waals surface area (Å²) in [6.45, 7) is 5.35. The normalized spacial score (nSPS) is 23.1. The second-order valence-corrected chi connectivity index (χ2v) is 8.48. The Bertz CT molecular complexity index is 829. The molecule has 1 aliphatic heterocycles. The average Bonchev–Trinajstić information content (AvgIpc) is 3.36. The molecule has 124 valence electrons. The van der Waals surface area contributed by atoms with E-state index < -0.39 is 0 Å². The number of rotatable bonds is 2. The molecule has 2 atom stereocenters. The number of benzene rings is 1. The van der Waals surface area contributed by atoms with Gasteiger partial charge in [-0.2, -0.15) is 10.4 Å². The molecule has 1 saturated carbocycles. The lowest BCUT2D eigenvalue weighted by molar-refractivity contribution is 0.744. The summed E-state index contributed by atoms with van der Waals surface area (Å²) in [6, 6.07) is 8.33. The van der Waals surface area contributed by atoms with Gasteiger partial charge in [0.05, 0.1) is 22.6 Å². The molecule has 0 spiro atoms. The fourth-order valence-corrected chi connectivity index (χ4v) is 4.97. The van der Waals surface area contributed by atoms with Crippen LogP contribution in [0, 0.1) is 18.3 Å². The van der Waals surface area contributed by atoms with E-state index in [4.69, 9.17) is 10.4 Å². The van der Waals surface area contributed by atoms with Crippen molar-refractivity contribution in [2.75, 3.05) is 11.9 Å². The van der Waals surface area contributed by atoms with Crippen LogP contribution in [0.2, 0.25) is 0 Å². The SMILES string of the molecule is Cc1cc(C#N)ccc1[C@H]1S[C@@H](C)CNc2c1c(C1CC1)nn2C. The van der Waals surface area contributed by atoms with Gasteiger partial charge in [0.25, 0.3) is 0 Å². The quantitative estimate of drug-likeness (QED) is 0.895. The third kappa shape index (κ3) is 2.59. The van der Waals surface area contributed by atoms with E-state index in [1.807, 2.05) is 35.6 Å². The van der Waals surface area contributed by atoms with Crippen molar-refractivity contribution in [2.24, 2.45) is 7.05 Å². The number of fused-ring (bicyclic) bond motifs is 1. The summed E-state index contributed by atoms with van der Waals surface area (Å²) in [5, 5.41) is 18.4. The largest absolute Gasteiger partial charge is 0.369 e. The molecular formula is C19H22N4S. The molecule has 5 heteroatoms. The molecule has 0 bridgehead atoms. The number of nitrogens with zero attached hydrogens (tertiary/aromatic N) is 3. The van der Waals surface area contributed by atoms with Crippen LogP contribution in [0.15, 0.2) is 18.2 Å². The molecule has 4 nitrogen and oxygen atoms in total. The monoisotopic (exact) mass is 338 g/mol. The van der Waals surface area contributed by atoms with E-state index in [0.29, 0.717) is 11.2 Å². The van der Waals surface area contributed by atoms with Crippen LogP contribution < -0.4 is 5.32 Å². The molecule has 24 heavy (non-hydrogen) atoms. The van der Waals surface area contributed by atoms with Crippen LogP contribution in [0.4, 0.5) is 5.82 Å². The Morgan fingerprint density at radius 3 is 2.83 bits per heavy atom. The average molecular weight is 338 g/mol. The second-order valence-electron chi connectivity index (χ2n) is 6.94. The van der Waals surface area contributed by atoms with Crippen molar-refractivity contribution in [2.45, 2.75) is 43.1 Å². The topological polar surface area (TPSA) is 53.6 Å². The Hall–Kier alpha value is -1.93. The molecule has 1 aliphatic carbocycles. The van der Waals surface area contributed by atoms with Gasteiger partial charge in [-0.15, -0.1) is 11.8 Å². The minimum Gasteiger partial charge on any atom is -0.369 e. The van der Waals surface area contributed by atoms with Gasteiger partial charge in [0, 0.05) is 30.3 Å². The van der Waals surface area contributed by atoms with Gasteiger partial charge >= 0.3 is 0 Å². The lowest BCUT2D eigenvalue weighted by Gasteiger charge is -2.20. The van der Waals surface area contributed by atoms with Gasteiger partial charge in [-0.25, -0.2) is 0 Å². The maximum absolute atomic E-state index is 9.16. The molecule has 2 heterocycles. The Morgan fingerprint density at radius 1 is 1.38 bits per heavy atom. The highest BCUT2D eigenvalue weighted by atomic mass is 32.2. The first-order chi connectivity index (χ1) is 11.6. The third-order valence-electron chi connectivity index (χ3n) is 4.95. The van der Waals surface area contributed by atoms with Gasteiger partial charge in [-0.1, -0.05) is 13.0 Å². The number of aromatic nitrogens is 2. The van der Waals surface area contributed by atoms with Crippen molar-refractivity contribution in [3.8, 4) is 6.07 Å². The molecule has 1 N–H and O–H groups in total. The molecule has 4 rings (SSSR count). The number of nitrogens with one attached hydrogen (secondary N) is 1. The fraction of sp³-hybridized carbons (Fsp3) is 0.474. The Morgan fingerprint density at radius 2 is 2.17 bits per heavy atom. The summed E-state index contributed by atoms with van der Waals surface area (Å²) in [5.41, 5.74) is 5.87. The van der Waals surface area contributed by atoms with Crippen LogP contribution in [0.5, 0.6) is 0 Å². The van der Waals surface area contributed by atoms with E-state index in [1.165, 1.54) is 41.0 Å². The van der Waals surface area contributed by atoms with Gasteiger partial charge in [0.15, 0.2) is 0 Å². The van der Waals surface area contributed by atoms with Crippen LogP contribution in [0.25, 0.3) is 0 Å². The molecular weight excluding hydrogens is 316 g/mol. The van der Waals surface area contributed by atoms with Crippen molar-refractivity contribution in [3.05, 3.63) is 46.1 Å². The standard InChI is InChI=1S/C19H22N4S/c1-11-8-13(9-20)4-7-15(11)18-16-17(14-5-6-14)22-23(3)19(16)21-10-12(2)24-18/h4,7-8,12,14,18,21H,5-6,10H2,1-3H3/t12-,18+/m0/s1. The van der Waals surface area contributed by atoms with Crippen LogP contribution in [-0.2, 0) is 7.05 Å². The van der Waals surface area contributed by atoms with E-state index in [0.717, 1.165) is 12.1 Å². The van der Waals surface area contributed by atoms with Crippen LogP contribution in [-0.4, -0.2) is 21.6 Å². The molecule has 0 saturated heterocycles. The molecule has 2 aromatic rings. The number of nitriles is 1. The van der Waals surface area contributed by atoms with E-state index in [-0.39, 0.29) is 5.25 Å². The van der Waals surface area contributed by atoms with Crippen molar-refractivity contribution in [1.29, 1.82) is 5.26 Å². The molecule has 1 aromatic heterocycles. The summed E-state index contributed by atoms with van der Waals surface area (Å²) >= 11 is 2.00. The van der Waals surface area contributed by atoms with Crippen molar-refractivity contribution < 1.29 is 0 Å². The summed E-state index contributed by atoms with van der Waals surface area (Å²) in [7, 11) is 2.04. The second kappa shape index (κ2) is 5.86. The molecule has 0 amide bonds. The maximum atomic E-state index is 9.16. The van der Waals surface area contributed by atoms with Crippen LogP contribution in [0.3, 0.4) is 0 Å². The highest BCUT2D eigenvalue weighted by Gasteiger charge is 2.37. The van der Waals surface area contributed by atoms with Crippen molar-refractivity contribution in [3.63, 3.8) is 0 Å². The summed E-state index contributed by atoms with van der Waals surface area (Å²) in [6.07, 6.45) is 2.51. The first-order valence-corrected chi connectivity index (χ1v) is 9.49. The minimum atomic E-state index is 0.280. The minimum absolute atomic E-state index is 0.280. The number of thioether (sulfide) groups is 1. The number of aryl methyl sites for hydroxylation is 2. The predicted molar refractivity (Wildman–Crippen MR) is 98.5 cm³/mol. The fourth-order valence-electron chi connectivity index (χ4n) is 3.54. The lowest BCUT2D eigenvalue weighted by atomic mass is 9.97. The zero-order valence-corrected chi connectivity index (χ0v) is 15.2. The summed E-state index contributed by atoms with van der Waals surface area (Å²) in [5.74, 6) is 1.79. The van der Waals surface area contributed by atoms with Gasteiger partial charge < -0.3 is 5.32 Å². The highest BCUT2D eigenvalue weighted by molar-refractivity contribution is 8.00. The molecule has 1 fully saturated rings. The van der Waals surface area contributed by atoms with Gasteiger partial charge in [-0.3, -0.25) is 4.68 Å². The maximum Gasteiger partial charge on any atom is 0.128 e. The number of anilines is 1. The van der Waals surface area contributed by atoms with E-state index in [9.17, 15) is 0 Å². The number of hydrogen-bond acceptors (Lipinski definition) is 4. The first-order valence-electron chi connectivity index (χ1n) is 8.55. The Kier molecular flexibility index (Phi) is 3.80.